The molecule has 1 aliphatic rings. The quantitative estimate of drug-likeness (QED) is 0.713. The summed E-state index contributed by atoms with van der Waals surface area (Å²) in [6.07, 6.45) is 2.18. The summed E-state index contributed by atoms with van der Waals surface area (Å²) in [6, 6.07) is 0.398. The van der Waals surface area contributed by atoms with Gasteiger partial charge in [0.25, 0.3) is 0 Å². The number of nitrogens with one attached hydrogen (secondary N) is 1. The van der Waals surface area contributed by atoms with Crippen molar-refractivity contribution in [3.05, 3.63) is 0 Å². The van der Waals surface area contributed by atoms with Gasteiger partial charge in [-0.25, -0.2) is 0 Å². The zero-order valence-electron chi connectivity index (χ0n) is 10.7. The number of hydrogen-bond donors (Lipinski definition) is 1. The molecule has 0 aromatic heterocycles. The highest BCUT2D eigenvalue weighted by molar-refractivity contribution is 5.76. The molecule has 0 aromatic carbocycles. The molecule has 0 saturated carbocycles. The minimum absolute atomic E-state index is 0.0819. The summed E-state index contributed by atoms with van der Waals surface area (Å²) >= 11 is 0. The lowest BCUT2D eigenvalue weighted by Gasteiger charge is -2.39. The Morgan fingerprint density at radius 1 is 1.44 bits per heavy atom. The summed E-state index contributed by atoms with van der Waals surface area (Å²) in [5.74, 6) is -0.0819. The Bertz CT molecular complexity index is 217. The lowest BCUT2D eigenvalue weighted by Crippen LogP contribution is -2.58. The molecule has 1 fully saturated rings. The fourth-order valence-electron chi connectivity index (χ4n) is 2.37. The zero-order valence-corrected chi connectivity index (χ0v) is 10.7. The van der Waals surface area contributed by atoms with Crippen LogP contribution in [0.25, 0.3) is 0 Å². The maximum absolute atomic E-state index is 11.8. The van der Waals surface area contributed by atoms with Crippen LogP contribution in [0.3, 0.4) is 0 Å². The van der Waals surface area contributed by atoms with Gasteiger partial charge in [0.05, 0.1) is 6.61 Å². The molecule has 16 heavy (non-hydrogen) atoms. The van der Waals surface area contributed by atoms with Crippen LogP contribution in [0.15, 0.2) is 0 Å². The van der Waals surface area contributed by atoms with Gasteiger partial charge in [0.2, 0.25) is 0 Å². The molecule has 1 rings (SSSR count). The normalized spacial score (nSPS) is 22.4. The Morgan fingerprint density at radius 3 is 2.69 bits per heavy atom. The fourth-order valence-corrected chi connectivity index (χ4v) is 2.37. The molecule has 1 atom stereocenters. The van der Waals surface area contributed by atoms with E-state index in [0.717, 1.165) is 32.5 Å². The van der Waals surface area contributed by atoms with Crippen molar-refractivity contribution < 1.29 is 9.53 Å². The molecule has 1 aliphatic heterocycles. The SMILES string of the molecule is CCOC(=O)C1CNCCN1C(CC)CC. The van der Waals surface area contributed by atoms with E-state index >= 15 is 0 Å². The van der Waals surface area contributed by atoms with Crippen LogP contribution in [0.2, 0.25) is 0 Å². The Kier molecular flexibility index (Phi) is 5.77. The number of nitrogens with zero attached hydrogens (tertiary/aromatic N) is 1. The van der Waals surface area contributed by atoms with Crippen molar-refractivity contribution in [3.63, 3.8) is 0 Å². The number of hydrogen-bond acceptors (Lipinski definition) is 4. The van der Waals surface area contributed by atoms with Crippen LogP contribution >= 0.6 is 0 Å². The molecule has 0 radical (unpaired) electrons. The van der Waals surface area contributed by atoms with Crippen LogP contribution in [0.4, 0.5) is 0 Å². The van der Waals surface area contributed by atoms with E-state index < -0.39 is 0 Å². The van der Waals surface area contributed by atoms with Gasteiger partial charge < -0.3 is 10.1 Å². The molecule has 1 N–H and O–H groups in total. The van der Waals surface area contributed by atoms with Crippen LogP contribution in [0.1, 0.15) is 33.6 Å². The first kappa shape index (κ1) is 13.5. The monoisotopic (exact) mass is 228 g/mol. The van der Waals surface area contributed by atoms with Crippen LogP contribution in [0.5, 0.6) is 0 Å². The molecule has 4 nitrogen and oxygen atoms in total. The number of rotatable bonds is 5. The summed E-state index contributed by atoms with van der Waals surface area (Å²) < 4.78 is 5.13. The Morgan fingerprint density at radius 2 is 2.12 bits per heavy atom. The molecular weight excluding hydrogens is 204 g/mol. The summed E-state index contributed by atoms with van der Waals surface area (Å²) in [5.41, 5.74) is 0. The van der Waals surface area contributed by atoms with E-state index in [1.807, 2.05) is 6.92 Å². The first-order chi connectivity index (χ1) is 7.74. The standard InChI is InChI=1S/C12H24N2O2/c1-4-10(5-2)14-8-7-13-9-11(14)12(15)16-6-3/h10-11,13H,4-9H2,1-3H3. The Balaban J connectivity index is 2.66. The second kappa shape index (κ2) is 6.86. The summed E-state index contributed by atoms with van der Waals surface area (Å²) in [4.78, 5) is 14.1. The highest BCUT2D eigenvalue weighted by atomic mass is 16.5. The molecule has 0 spiro atoms. The summed E-state index contributed by atoms with van der Waals surface area (Å²) in [7, 11) is 0. The molecule has 1 heterocycles. The number of ether oxygens (including phenoxy) is 1. The summed E-state index contributed by atoms with van der Waals surface area (Å²) in [6.45, 7) is 9.30. The highest BCUT2D eigenvalue weighted by Gasteiger charge is 2.32. The van der Waals surface area contributed by atoms with Crippen molar-refractivity contribution in [2.45, 2.75) is 45.7 Å². The lowest BCUT2D eigenvalue weighted by molar-refractivity contribution is -0.151. The smallest absolute Gasteiger partial charge is 0.324 e. The second-order valence-electron chi connectivity index (χ2n) is 4.18. The molecule has 0 aliphatic carbocycles. The second-order valence-corrected chi connectivity index (χ2v) is 4.18. The van der Waals surface area contributed by atoms with E-state index in [9.17, 15) is 4.79 Å². The van der Waals surface area contributed by atoms with E-state index in [4.69, 9.17) is 4.74 Å². The predicted octanol–water partition coefficient (Wildman–Crippen LogP) is 1.01. The van der Waals surface area contributed by atoms with E-state index in [-0.39, 0.29) is 12.0 Å². The third-order valence-corrected chi connectivity index (χ3v) is 3.25. The number of piperazine rings is 1. The van der Waals surface area contributed by atoms with Gasteiger partial charge in [-0.1, -0.05) is 13.8 Å². The van der Waals surface area contributed by atoms with Crippen molar-refractivity contribution >= 4 is 5.97 Å². The molecule has 0 amide bonds. The molecule has 94 valence electrons. The third kappa shape index (κ3) is 3.19. The largest absolute Gasteiger partial charge is 0.465 e. The topological polar surface area (TPSA) is 41.6 Å². The maximum Gasteiger partial charge on any atom is 0.324 e. The van der Waals surface area contributed by atoms with Gasteiger partial charge in [-0.2, -0.15) is 0 Å². The molecule has 0 bridgehead atoms. The minimum atomic E-state index is -0.0985. The van der Waals surface area contributed by atoms with Crippen LogP contribution in [-0.4, -0.2) is 49.2 Å². The van der Waals surface area contributed by atoms with Gasteiger partial charge in [-0.3, -0.25) is 9.69 Å². The van der Waals surface area contributed by atoms with E-state index in [0.29, 0.717) is 12.6 Å². The third-order valence-electron chi connectivity index (χ3n) is 3.25. The van der Waals surface area contributed by atoms with Crippen LogP contribution in [-0.2, 0) is 9.53 Å². The number of carbonyl (C=O) groups excluding carboxylic acids is 1. The average Bonchev–Trinajstić information content (AvgIpc) is 2.31. The van der Waals surface area contributed by atoms with E-state index in [2.05, 4.69) is 24.1 Å². The number of esters is 1. The first-order valence-corrected chi connectivity index (χ1v) is 6.37. The zero-order chi connectivity index (χ0) is 12.0. The lowest BCUT2D eigenvalue weighted by atomic mass is 10.1. The van der Waals surface area contributed by atoms with Gasteiger partial charge in [-0.05, 0) is 19.8 Å². The molecule has 1 unspecified atom stereocenters. The first-order valence-electron chi connectivity index (χ1n) is 6.37. The minimum Gasteiger partial charge on any atom is -0.465 e. The van der Waals surface area contributed by atoms with Crippen LogP contribution in [0, 0.1) is 0 Å². The van der Waals surface area contributed by atoms with Crippen LogP contribution < -0.4 is 5.32 Å². The Labute approximate surface area is 98.3 Å². The highest BCUT2D eigenvalue weighted by Crippen LogP contribution is 2.15. The molecular formula is C12H24N2O2. The van der Waals surface area contributed by atoms with Gasteiger partial charge in [0, 0.05) is 25.7 Å². The van der Waals surface area contributed by atoms with Gasteiger partial charge in [-0.15, -0.1) is 0 Å². The summed E-state index contributed by atoms with van der Waals surface area (Å²) in [5, 5.41) is 3.26. The van der Waals surface area contributed by atoms with Crippen molar-refractivity contribution in [3.8, 4) is 0 Å². The predicted molar refractivity (Wildman–Crippen MR) is 64.4 cm³/mol. The molecule has 0 aromatic rings. The maximum atomic E-state index is 11.8. The van der Waals surface area contributed by atoms with Crippen molar-refractivity contribution in [2.75, 3.05) is 26.2 Å². The van der Waals surface area contributed by atoms with E-state index in [1.165, 1.54) is 0 Å². The van der Waals surface area contributed by atoms with Crippen molar-refractivity contribution in [2.24, 2.45) is 0 Å². The average molecular weight is 228 g/mol. The van der Waals surface area contributed by atoms with Gasteiger partial charge in [0.15, 0.2) is 0 Å². The van der Waals surface area contributed by atoms with Gasteiger partial charge >= 0.3 is 5.97 Å². The molecule has 4 heteroatoms. The molecule has 1 saturated heterocycles. The Hall–Kier alpha value is -0.610. The van der Waals surface area contributed by atoms with Gasteiger partial charge in [0.1, 0.15) is 6.04 Å². The van der Waals surface area contributed by atoms with E-state index in [1.54, 1.807) is 0 Å². The van der Waals surface area contributed by atoms with Crippen molar-refractivity contribution in [1.82, 2.24) is 10.2 Å². The fraction of sp³-hybridized carbons (Fsp3) is 0.917. The number of carbonyl (C=O) groups is 1. The van der Waals surface area contributed by atoms with Crippen molar-refractivity contribution in [1.29, 1.82) is 0 Å².